The number of nitrogens with zero attached hydrogens (tertiary/aromatic N) is 1. The molecule has 2 fully saturated rings. The Balaban J connectivity index is 1.79. The van der Waals surface area contributed by atoms with Crippen LogP contribution >= 0.6 is 0 Å². The molecule has 3 nitrogen and oxygen atoms in total. The average Bonchev–Trinajstić information content (AvgIpc) is 2.42. The SMILES string of the molecule is CC(C)C1CCC(=O)C(CN(C)CC2CCCOC2)C1. The van der Waals surface area contributed by atoms with Gasteiger partial charge in [0.1, 0.15) is 5.78 Å². The van der Waals surface area contributed by atoms with Crippen molar-refractivity contribution >= 4 is 5.78 Å². The summed E-state index contributed by atoms with van der Waals surface area (Å²) >= 11 is 0. The first kappa shape index (κ1) is 16.0. The Morgan fingerprint density at radius 2 is 2.10 bits per heavy atom. The zero-order chi connectivity index (χ0) is 14.5. The second kappa shape index (κ2) is 7.56. The maximum atomic E-state index is 12.1. The molecular weight excluding hydrogens is 250 g/mol. The van der Waals surface area contributed by atoms with Crippen LogP contribution in [0, 0.1) is 23.7 Å². The average molecular weight is 281 g/mol. The molecule has 0 amide bonds. The minimum absolute atomic E-state index is 0.269. The van der Waals surface area contributed by atoms with Crippen molar-refractivity contribution < 1.29 is 9.53 Å². The van der Waals surface area contributed by atoms with Gasteiger partial charge in [0, 0.05) is 32.0 Å². The van der Waals surface area contributed by atoms with E-state index >= 15 is 0 Å². The largest absolute Gasteiger partial charge is 0.381 e. The van der Waals surface area contributed by atoms with Crippen molar-refractivity contribution in [1.29, 1.82) is 0 Å². The molecular formula is C17H31NO2. The maximum absolute atomic E-state index is 12.1. The molecule has 0 aromatic rings. The molecule has 3 atom stereocenters. The van der Waals surface area contributed by atoms with Crippen LogP contribution in [0.1, 0.15) is 46.0 Å². The van der Waals surface area contributed by atoms with Gasteiger partial charge in [-0.2, -0.15) is 0 Å². The molecule has 0 bridgehead atoms. The number of rotatable bonds is 5. The lowest BCUT2D eigenvalue weighted by atomic mass is 9.75. The molecule has 0 N–H and O–H groups in total. The van der Waals surface area contributed by atoms with E-state index in [2.05, 4.69) is 25.8 Å². The number of carbonyl (C=O) groups is 1. The van der Waals surface area contributed by atoms with E-state index < -0.39 is 0 Å². The fourth-order valence-corrected chi connectivity index (χ4v) is 3.77. The van der Waals surface area contributed by atoms with Crippen LogP contribution in [0.4, 0.5) is 0 Å². The van der Waals surface area contributed by atoms with Crippen LogP contribution in [0.3, 0.4) is 0 Å². The maximum Gasteiger partial charge on any atom is 0.137 e. The molecule has 0 aromatic heterocycles. The predicted molar refractivity (Wildman–Crippen MR) is 81.7 cm³/mol. The Hall–Kier alpha value is -0.410. The van der Waals surface area contributed by atoms with Crippen LogP contribution in [-0.2, 0) is 9.53 Å². The van der Waals surface area contributed by atoms with Gasteiger partial charge in [0.2, 0.25) is 0 Å². The van der Waals surface area contributed by atoms with Gasteiger partial charge >= 0.3 is 0 Å². The molecule has 1 heterocycles. The lowest BCUT2D eigenvalue weighted by Gasteiger charge is -2.34. The summed E-state index contributed by atoms with van der Waals surface area (Å²) < 4.78 is 5.55. The molecule has 20 heavy (non-hydrogen) atoms. The molecule has 3 heteroatoms. The highest BCUT2D eigenvalue weighted by Crippen LogP contribution is 2.32. The number of ketones is 1. The molecule has 0 spiro atoms. The quantitative estimate of drug-likeness (QED) is 0.776. The normalized spacial score (nSPS) is 32.0. The van der Waals surface area contributed by atoms with E-state index in [4.69, 9.17) is 4.74 Å². The smallest absolute Gasteiger partial charge is 0.137 e. The Kier molecular flexibility index (Phi) is 6.03. The van der Waals surface area contributed by atoms with Gasteiger partial charge in [-0.15, -0.1) is 0 Å². The van der Waals surface area contributed by atoms with Gasteiger partial charge in [-0.1, -0.05) is 13.8 Å². The highest BCUT2D eigenvalue weighted by molar-refractivity contribution is 5.81. The Morgan fingerprint density at radius 1 is 1.30 bits per heavy atom. The summed E-state index contributed by atoms with van der Waals surface area (Å²) in [6, 6.07) is 0. The number of hydrogen-bond donors (Lipinski definition) is 0. The standard InChI is InChI=1S/C17H31NO2/c1-13(2)15-6-7-17(19)16(9-15)11-18(3)10-14-5-4-8-20-12-14/h13-16H,4-12H2,1-3H3. The number of ether oxygens (including phenoxy) is 1. The van der Waals surface area contributed by atoms with E-state index in [0.717, 1.165) is 51.5 Å². The molecule has 1 aliphatic heterocycles. The fraction of sp³-hybridized carbons (Fsp3) is 0.941. The first-order valence-corrected chi connectivity index (χ1v) is 8.35. The highest BCUT2D eigenvalue weighted by atomic mass is 16.5. The summed E-state index contributed by atoms with van der Waals surface area (Å²) in [7, 11) is 2.17. The third-order valence-corrected chi connectivity index (χ3v) is 5.10. The second-order valence-electron chi connectivity index (χ2n) is 7.25. The molecule has 2 aliphatic rings. The molecule has 1 aliphatic carbocycles. The zero-order valence-corrected chi connectivity index (χ0v) is 13.4. The number of hydrogen-bond acceptors (Lipinski definition) is 3. The highest BCUT2D eigenvalue weighted by Gasteiger charge is 2.31. The summed E-state index contributed by atoms with van der Waals surface area (Å²) in [6.45, 7) is 8.44. The third-order valence-electron chi connectivity index (χ3n) is 5.10. The fourth-order valence-electron chi connectivity index (χ4n) is 3.77. The molecule has 116 valence electrons. The van der Waals surface area contributed by atoms with Crippen molar-refractivity contribution in [2.75, 3.05) is 33.4 Å². The van der Waals surface area contributed by atoms with Gasteiger partial charge in [0.15, 0.2) is 0 Å². The summed E-state index contributed by atoms with van der Waals surface area (Å²) in [4.78, 5) is 14.5. The van der Waals surface area contributed by atoms with Crippen molar-refractivity contribution in [1.82, 2.24) is 4.90 Å². The van der Waals surface area contributed by atoms with Crippen LogP contribution in [0.2, 0.25) is 0 Å². The van der Waals surface area contributed by atoms with Crippen molar-refractivity contribution in [3.05, 3.63) is 0 Å². The minimum Gasteiger partial charge on any atom is -0.381 e. The third kappa shape index (κ3) is 4.56. The van der Waals surface area contributed by atoms with Gasteiger partial charge < -0.3 is 9.64 Å². The van der Waals surface area contributed by atoms with Crippen LogP contribution in [0.25, 0.3) is 0 Å². The Labute approximate surface area is 124 Å². The molecule has 0 aromatic carbocycles. The van der Waals surface area contributed by atoms with Crippen LogP contribution in [0.15, 0.2) is 0 Å². The first-order chi connectivity index (χ1) is 9.56. The summed E-state index contributed by atoms with van der Waals surface area (Å²) in [6.07, 6.45) is 5.47. The van der Waals surface area contributed by atoms with Gasteiger partial charge in [0.25, 0.3) is 0 Å². The van der Waals surface area contributed by atoms with Crippen LogP contribution in [-0.4, -0.2) is 44.0 Å². The first-order valence-electron chi connectivity index (χ1n) is 8.35. The van der Waals surface area contributed by atoms with E-state index in [1.807, 2.05) is 0 Å². The molecule has 2 rings (SSSR count). The lowest BCUT2D eigenvalue weighted by Crippen LogP contribution is -2.39. The lowest BCUT2D eigenvalue weighted by molar-refractivity contribution is -0.126. The van der Waals surface area contributed by atoms with Crippen LogP contribution < -0.4 is 0 Å². The van der Waals surface area contributed by atoms with Crippen molar-refractivity contribution in [2.24, 2.45) is 23.7 Å². The van der Waals surface area contributed by atoms with E-state index in [0.29, 0.717) is 17.6 Å². The topological polar surface area (TPSA) is 29.5 Å². The van der Waals surface area contributed by atoms with Gasteiger partial charge in [-0.05, 0) is 50.5 Å². The molecule has 3 unspecified atom stereocenters. The van der Waals surface area contributed by atoms with Crippen molar-refractivity contribution in [2.45, 2.75) is 46.0 Å². The van der Waals surface area contributed by atoms with Crippen molar-refractivity contribution in [3.63, 3.8) is 0 Å². The Bertz CT molecular complexity index is 310. The van der Waals surface area contributed by atoms with E-state index in [9.17, 15) is 4.79 Å². The van der Waals surface area contributed by atoms with E-state index in [-0.39, 0.29) is 5.92 Å². The minimum atomic E-state index is 0.269. The summed E-state index contributed by atoms with van der Waals surface area (Å²) in [5.41, 5.74) is 0. The number of Topliss-reactive ketones (excluding diaryl/α,β-unsaturated/α-hetero) is 1. The predicted octanol–water partition coefficient (Wildman–Crippen LogP) is 2.99. The Morgan fingerprint density at radius 3 is 2.75 bits per heavy atom. The van der Waals surface area contributed by atoms with E-state index in [1.54, 1.807) is 0 Å². The van der Waals surface area contributed by atoms with E-state index in [1.165, 1.54) is 12.8 Å². The van der Waals surface area contributed by atoms with Gasteiger partial charge in [-0.3, -0.25) is 4.79 Å². The summed E-state index contributed by atoms with van der Waals surface area (Å²) in [5, 5.41) is 0. The van der Waals surface area contributed by atoms with Crippen molar-refractivity contribution in [3.8, 4) is 0 Å². The summed E-state index contributed by atoms with van der Waals surface area (Å²) in [5.74, 6) is 2.87. The van der Waals surface area contributed by atoms with Crippen LogP contribution in [0.5, 0.6) is 0 Å². The molecule has 1 saturated carbocycles. The monoisotopic (exact) mass is 281 g/mol. The molecule has 0 radical (unpaired) electrons. The zero-order valence-electron chi connectivity index (χ0n) is 13.4. The second-order valence-corrected chi connectivity index (χ2v) is 7.25. The number of carbonyl (C=O) groups excluding carboxylic acids is 1. The molecule has 1 saturated heterocycles. The van der Waals surface area contributed by atoms with Gasteiger partial charge in [-0.25, -0.2) is 0 Å². The van der Waals surface area contributed by atoms with Gasteiger partial charge in [0.05, 0.1) is 6.61 Å².